The number of benzene rings is 3. The second kappa shape index (κ2) is 10.5. The summed E-state index contributed by atoms with van der Waals surface area (Å²) >= 11 is 5.89. The Kier molecular flexibility index (Phi) is 7.46. The first-order valence-corrected chi connectivity index (χ1v) is 9.87. The van der Waals surface area contributed by atoms with Gasteiger partial charge in [0.2, 0.25) is 0 Å². The number of aryl methyl sites for hydroxylation is 2. The molecule has 5 nitrogen and oxygen atoms in total. The Morgan fingerprint density at radius 2 is 1.73 bits per heavy atom. The summed E-state index contributed by atoms with van der Waals surface area (Å²) < 4.78 is 11.3. The summed E-state index contributed by atoms with van der Waals surface area (Å²) in [5.41, 5.74) is 6.58. The first kappa shape index (κ1) is 21.4. The minimum atomic E-state index is -0.334. The van der Waals surface area contributed by atoms with Crippen LogP contribution in [0.1, 0.15) is 22.3 Å². The number of nitrogens with one attached hydrogen (secondary N) is 1. The molecule has 0 heterocycles. The number of carbonyl (C=O) groups is 1. The van der Waals surface area contributed by atoms with Crippen molar-refractivity contribution >= 4 is 23.7 Å². The van der Waals surface area contributed by atoms with Crippen LogP contribution in [0.15, 0.2) is 71.8 Å². The van der Waals surface area contributed by atoms with Gasteiger partial charge in [-0.2, -0.15) is 5.10 Å². The number of hydrogen-bond donors (Lipinski definition) is 1. The molecule has 0 aromatic heterocycles. The third-order valence-electron chi connectivity index (χ3n) is 4.43. The summed E-state index contributed by atoms with van der Waals surface area (Å²) in [6, 6.07) is 20.6. The number of carbonyl (C=O) groups excluding carboxylic acids is 1. The Balaban J connectivity index is 1.47. The summed E-state index contributed by atoms with van der Waals surface area (Å²) in [6.45, 7) is 4.35. The molecule has 0 aliphatic rings. The van der Waals surface area contributed by atoms with Crippen LogP contribution in [0.4, 0.5) is 0 Å². The average molecular weight is 423 g/mol. The lowest BCUT2D eigenvalue weighted by Gasteiger charge is -2.08. The van der Waals surface area contributed by atoms with Crippen LogP contribution in [0.25, 0.3) is 0 Å². The Morgan fingerprint density at radius 3 is 2.50 bits per heavy atom. The van der Waals surface area contributed by atoms with E-state index in [-0.39, 0.29) is 12.5 Å². The Hall–Kier alpha value is -3.31. The lowest BCUT2D eigenvalue weighted by molar-refractivity contribution is -0.123. The quantitative estimate of drug-likeness (QED) is 0.407. The number of nitrogens with zero attached hydrogens (tertiary/aromatic N) is 1. The number of ether oxygens (including phenoxy) is 2. The van der Waals surface area contributed by atoms with Crippen LogP contribution in [0.3, 0.4) is 0 Å². The third-order valence-corrected chi connectivity index (χ3v) is 4.68. The first-order chi connectivity index (χ1) is 14.5. The third kappa shape index (κ3) is 6.64. The van der Waals surface area contributed by atoms with Gasteiger partial charge in [0.25, 0.3) is 5.91 Å². The summed E-state index contributed by atoms with van der Waals surface area (Å²) in [7, 11) is 0. The molecule has 0 radical (unpaired) electrons. The molecule has 0 bridgehead atoms. The molecule has 0 saturated carbocycles. The van der Waals surface area contributed by atoms with E-state index in [0.717, 1.165) is 16.7 Å². The SMILES string of the molecule is Cc1ccc(OCC(=O)N/N=C/c2cccc(OCc3ccc(Cl)cc3)c2)cc1C. The Bertz CT molecular complexity index is 1030. The molecule has 0 atom stereocenters. The normalized spacial score (nSPS) is 10.8. The number of amides is 1. The molecule has 0 unspecified atom stereocenters. The first-order valence-electron chi connectivity index (χ1n) is 9.49. The van der Waals surface area contributed by atoms with Gasteiger partial charge < -0.3 is 9.47 Å². The molecule has 3 aromatic carbocycles. The van der Waals surface area contributed by atoms with Crippen molar-refractivity contribution in [3.8, 4) is 11.5 Å². The minimum absolute atomic E-state index is 0.107. The average Bonchev–Trinajstić information content (AvgIpc) is 2.74. The van der Waals surface area contributed by atoms with E-state index in [1.165, 1.54) is 5.56 Å². The maximum atomic E-state index is 11.9. The van der Waals surface area contributed by atoms with E-state index < -0.39 is 0 Å². The molecule has 6 heteroatoms. The van der Waals surface area contributed by atoms with Crippen molar-refractivity contribution in [3.63, 3.8) is 0 Å². The monoisotopic (exact) mass is 422 g/mol. The van der Waals surface area contributed by atoms with E-state index in [1.54, 1.807) is 6.21 Å². The van der Waals surface area contributed by atoms with E-state index in [2.05, 4.69) is 10.5 Å². The fourth-order valence-corrected chi connectivity index (χ4v) is 2.72. The van der Waals surface area contributed by atoms with E-state index in [4.69, 9.17) is 21.1 Å². The molecule has 0 saturated heterocycles. The largest absolute Gasteiger partial charge is 0.489 e. The molecule has 1 N–H and O–H groups in total. The van der Waals surface area contributed by atoms with Gasteiger partial charge in [-0.3, -0.25) is 4.79 Å². The molecule has 154 valence electrons. The van der Waals surface area contributed by atoms with Crippen LogP contribution >= 0.6 is 11.6 Å². The molecule has 0 aliphatic heterocycles. The van der Waals surface area contributed by atoms with Gasteiger partial charge in [0.1, 0.15) is 18.1 Å². The smallest absolute Gasteiger partial charge is 0.277 e. The zero-order valence-corrected chi connectivity index (χ0v) is 17.6. The van der Waals surface area contributed by atoms with Crippen LogP contribution in [0, 0.1) is 13.8 Å². The lowest BCUT2D eigenvalue weighted by atomic mass is 10.1. The summed E-state index contributed by atoms with van der Waals surface area (Å²) in [4.78, 5) is 11.9. The van der Waals surface area contributed by atoms with Gasteiger partial charge in [-0.05, 0) is 72.5 Å². The van der Waals surface area contributed by atoms with Crippen LogP contribution in [-0.4, -0.2) is 18.7 Å². The van der Waals surface area contributed by atoms with Gasteiger partial charge in [0, 0.05) is 5.02 Å². The molecule has 0 fully saturated rings. The molecule has 0 aliphatic carbocycles. The predicted molar refractivity (Wildman–Crippen MR) is 119 cm³/mol. The standard InChI is InChI=1S/C24H23ClN2O3/c1-17-6-11-23(12-18(17)2)30-16-24(28)27-26-14-20-4-3-5-22(13-20)29-15-19-7-9-21(25)10-8-19/h3-14H,15-16H2,1-2H3,(H,27,28)/b26-14+. The van der Waals surface area contributed by atoms with E-state index in [0.29, 0.717) is 23.1 Å². The van der Waals surface area contributed by atoms with E-state index in [9.17, 15) is 4.79 Å². The van der Waals surface area contributed by atoms with Gasteiger partial charge >= 0.3 is 0 Å². The molecule has 0 spiro atoms. The molecule has 1 amide bonds. The zero-order chi connectivity index (χ0) is 21.3. The molecular weight excluding hydrogens is 400 g/mol. The molecule has 30 heavy (non-hydrogen) atoms. The summed E-state index contributed by atoms with van der Waals surface area (Å²) in [5, 5.41) is 4.67. The topological polar surface area (TPSA) is 59.9 Å². The van der Waals surface area contributed by atoms with Gasteiger partial charge in [-0.1, -0.05) is 41.9 Å². The highest BCUT2D eigenvalue weighted by Gasteiger charge is 2.03. The van der Waals surface area contributed by atoms with Crippen molar-refractivity contribution in [2.45, 2.75) is 20.5 Å². The van der Waals surface area contributed by atoms with E-state index in [1.807, 2.05) is 80.6 Å². The van der Waals surface area contributed by atoms with Crippen LogP contribution in [-0.2, 0) is 11.4 Å². The van der Waals surface area contributed by atoms with Crippen molar-refractivity contribution in [1.82, 2.24) is 5.43 Å². The minimum Gasteiger partial charge on any atom is -0.489 e. The van der Waals surface area contributed by atoms with Gasteiger partial charge in [0.15, 0.2) is 6.61 Å². The maximum absolute atomic E-state index is 11.9. The van der Waals surface area contributed by atoms with Gasteiger partial charge in [-0.25, -0.2) is 5.43 Å². The Morgan fingerprint density at radius 1 is 0.967 bits per heavy atom. The fraction of sp³-hybridized carbons (Fsp3) is 0.167. The van der Waals surface area contributed by atoms with Crippen molar-refractivity contribution in [1.29, 1.82) is 0 Å². The lowest BCUT2D eigenvalue weighted by Crippen LogP contribution is -2.24. The van der Waals surface area contributed by atoms with E-state index >= 15 is 0 Å². The second-order valence-electron chi connectivity index (χ2n) is 6.82. The number of hydrogen-bond acceptors (Lipinski definition) is 4. The van der Waals surface area contributed by atoms with Crippen molar-refractivity contribution in [2.24, 2.45) is 5.10 Å². The maximum Gasteiger partial charge on any atom is 0.277 e. The highest BCUT2D eigenvalue weighted by Crippen LogP contribution is 2.17. The van der Waals surface area contributed by atoms with Crippen LogP contribution < -0.4 is 14.9 Å². The van der Waals surface area contributed by atoms with Crippen molar-refractivity contribution in [2.75, 3.05) is 6.61 Å². The van der Waals surface area contributed by atoms with Gasteiger partial charge in [0.05, 0.1) is 6.21 Å². The predicted octanol–water partition coefficient (Wildman–Crippen LogP) is 5.06. The number of rotatable bonds is 8. The van der Waals surface area contributed by atoms with Crippen molar-refractivity contribution in [3.05, 3.63) is 94.0 Å². The van der Waals surface area contributed by atoms with Gasteiger partial charge in [-0.15, -0.1) is 0 Å². The molecular formula is C24H23ClN2O3. The van der Waals surface area contributed by atoms with Crippen molar-refractivity contribution < 1.29 is 14.3 Å². The van der Waals surface area contributed by atoms with Crippen LogP contribution in [0.5, 0.6) is 11.5 Å². The number of halogens is 1. The molecule has 3 aromatic rings. The highest BCUT2D eigenvalue weighted by molar-refractivity contribution is 6.30. The highest BCUT2D eigenvalue weighted by atomic mass is 35.5. The zero-order valence-electron chi connectivity index (χ0n) is 16.9. The number of hydrazone groups is 1. The fourth-order valence-electron chi connectivity index (χ4n) is 2.60. The Labute approximate surface area is 181 Å². The summed E-state index contributed by atoms with van der Waals surface area (Å²) in [5.74, 6) is 1.03. The van der Waals surface area contributed by atoms with Crippen LogP contribution in [0.2, 0.25) is 5.02 Å². The summed E-state index contributed by atoms with van der Waals surface area (Å²) in [6.07, 6.45) is 1.56. The molecule has 3 rings (SSSR count). The second-order valence-corrected chi connectivity index (χ2v) is 7.25.